The third-order valence-electron chi connectivity index (χ3n) is 8.49. The number of esters is 1. The molecule has 0 aromatic rings. The quantitative estimate of drug-likeness (QED) is 0.0208. The molecule has 0 heterocycles. The molecule has 4 N–H and O–H groups in total. The Labute approximate surface area is 309 Å². The van der Waals surface area contributed by atoms with Crippen molar-refractivity contribution in [2.45, 2.75) is 187 Å². The van der Waals surface area contributed by atoms with Gasteiger partial charge in [0.05, 0.1) is 13.2 Å². The molecule has 0 radical (unpaired) electrons. The number of unbranched alkanes of at least 4 members (excludes halogenated alkanes) is 19. The summed E-state index contributed by atoms with van der Waals surface area (Å²) in [5.41, 5.74) is 0. The van der Waals surface area contributed by atoms with Gasteiger partial charge in [0.2, 0.25) is 5.91 Å². The lowest BCUT2D eigenvalue weighted by Crippen LogP contribution is -2.43. The van der Waals surface area contributed by atoms with Gasteiger partial charge in [-0.2, -0.15) is 0 Å². The van der Waals surface area contributed by atoms with Gasteiger partial charge < -0.3 is 25.2 Å². The van der Waals surface area contributed by atoms with Crippen LogP contribution < -0.4 is 5.32 Å². The topological polar surface area (TPSA) is 169 Å². The van der Waals surface area contributed by atoms with E-state index >= 15 is 0 Å². The maximum atomic E-state index is 12.3. The number of hydrogen-bond acceptors (Lipinski definition) is 8. The molecule has 0 spiro atoms. The average Bonchev–Trinajstić information content (AvgIpc) is 3.10. The maximum Gasteiger partial charge on any atom is 0.472 e. The Morgan fingerprint density at radius 2 is 1.08 bits per heavy atom. The first-order chi connectivity index (χ1) is 24.6. The number of aliphatic hydroxyl groups excluding tert-OH is 1. The molecular weight excluding hydrogens is 673 g/mol. The van der Waals surface area contributed by atoms with Gasteiger partial charge in [-0.25, -0.2) is 9.36 Å². The van der Waals surface area contributed by atoms with Crippen LogP contribution in [-0.4, -0.2) is 64.9 Å². The molecule has 0 aliphatic rings. The normalized spacial score (nSPS) is 14.1. The first-order valence-corrected chi connectivity index (χ1v) is 21.4. The molecular formula is C39H72NO10P. The fourth-order valence-corrected chi connectivity index (χ4v) is 6.12. The van der Waals surface area contributed by atoms with Crippen LogP contribution in [0.25, 0.3) is 0 Å². The van der Waals surface area contributed by atoms with Gasteiger partial charge >= 0.3 is 19.8 Å². The van der Waals surface area contributed by atoms with Crippen molar-refractivity contribution in [2.24, 2.45) is 0 Å². The van der Waals surface area contributed by atoms with Crippen molar-refractivity contribution in [3.8, 4) is 0 Å². The van der Waals surface area contributed by atoms with E-state index in [2.05, 4.69) is 43.5 Å². The zero-order valence-electron chi connectivity index (χ0n) is 31.9. The summed E-state index contributed by atoms with van der Waals surface area (Å²) in [4.78, 5) is 45.6. The van der Waals surface area contributed by atoms with Crippen LogP contribution in [0.5, 0.6) is 0 Å². The molecule has 12 heteroatoms. The smallest absolute Gasteiger partial charge is 0.472 e. The second-order valence-corrected chi connectivity index (χ2v) is 14.9. The number of carboxylic acid groups (broad SMARTS) is 1. The lowest BCUT2D eigenvalue weighted by Gasteiger charge is -2.18. The highest BCUT2D eigenvalue weighted by atomic mass is 31.2. The summed E-state index contributed by atoms with van der Waals surface area (Å²) in [7, 11) is -4.74. The third-order valence-corrected chi connectivity index (χ3v) is 9.44. The van der Waals surface area contributed by atoms with Gasteiger partial charge in [0.15, 0.2) is 6.04 Å². The number of rotatable bonds is 37. The number of ether oxygens (including phenoxy) is 1. The van der Waals surface area contributed by atoms with Gasteiger partial charge in [0.25, 0.3) is 0 Å². The highest BCUT2D eigenvalue weighted by Crippen LogP contribution is 2.43. The molecule has 0 saturated heterocycles. The molecule has 0 bridgehead atoms. The summed E-state index contributed by atoms with van der Waals surface area (Å²) >= 11 is 0. The third kappa shape index (κ3) is 34.8. The minimum Gasteiger partial charge on any atom is -0.480 e. The van der Waals surface area contributed by atoms with Crippen molar-refractivity contribution in [1.82, 2.24) is 5.32 Å². The summed E-state index contributed by atoms with van der Waals surface area (Å²) in [6.45, 7) is 2.51. The Kier molecular flexibility index (Phi) is 33.6. The Morgan fingerprint density at radius 1 is 0.627 bits per heavy atom. The molecule has 0 aliphatic heterocycles. The van der Waals surface area contributed by atoms with Crippen molar-refractivity contribution >= 4 is 25.7 Å². The zero-order chi connectivity index (χ0) is 37.8. The van der Waals surface area contributed by atoms with E-state index in [4.69, 9.17) is 13.8 Å². The van der Waals surface area contributed by atoms with Crippen LogP contribution in [0.4, 0.5) is 0 Å². The largest absolute Gasteiger partial charge is 0.480 e. The molecule has 0 rings (SSSR count). The van der Waals surface area contributed by atoms with Crippen molar-refractivity contribution in [1.29, 1.82) is 0 Å². The number of carbonyl (C=O) groups excluding carboxylic acids is 2. The standard InChI is InChI=1S/C39H72NO10P/c1-3-5-7-9-11-13-14-15-16-17-18-19-20-21-22-23-24-26-28-30-37(42)40-36(39(44)45)34-50-51(46,47)49-33-35(41)32-48-38(43)31-29-27-25-12-10-8-6-4-2/h11,13,15-16,35-36,41H,3-10,12,14,17-34H2,1-2H3,(H,40,42)(H,44,45)(H,46,47)/b13-11-,16-15-. The SMILES string of the molecule is CCCCC/C=C\C/C=C\CCCCCCCCCCCC(=O)NC(COP(=O)(O)OCC(O)COC(=O)CCCCCCCCCC)C(=O)O. The van der Waals surface area contributed by atoms with E-state index in [1.54, 1.807) is 0 Å². The molecule has 11 nitrogen and oxygen atoms in total. The average molecular weight is 746 g/mol. The number of carbonyl (C=O) groups is 3. The fourth-order valence-electron chi connectivity index (χ4n) is 5.34. The van der Waals surface area contributed by atoms with E-state index in [0.717, 1.165) is 57.8 Å². The predicted octanol–water partition coefficient (Wildman–Crippen LogP) is 9.50. The summed E-state index contributed by atoms with van der Waals surface area (Å²) < 4.78 is 26.7. The number of nitrogens with one attached hydrogen (secondary N) is 1. The van der Waals surface area contributed by atoms with E-state index in [9.17, 15) is 34.1 Å². The van der Waals surface area contributed by atoms with E-state index in [0.29, 0.717) is 12.8 Å². The highest BCUT2D eigenvalue weighted by Gasteiger charge is 2.28. The van der Waals surface area contributed by atoms with Gasteiger partial charge in [-0.15, -0.1) is 0 Å². The highest BCUT2D eigenvalue weighted by molar-refractivity contribution is 7.47. The van der Waals surface area contributed by atoms with Crippen LogP contribution in [0, 0.1) is 0 Å². The summed E-state index contributed by atoms with van der Waals surface area (Å²) in [6.07, 6.45) is 33.6. The van der Waals surface area contributed by atoms with Crippen molar-refractivity contribution in [3.63, 3.8) is 0 Å². The number of amides is 1. The second kappa shape index (κ2) is 35.0. The zero-order valence-corrected chi connectivity index (χ0v) is 32.8. The molecule has 0 aromatic heterocycles. The van der Waals surface area contributed by atoms with Crippen molar-refractivity contribution in [2.75, 3.05) is 19.8 Å². The van der Waals surface area contributed by atoms with Crippen LogP contribution >= 0.6 is 7.82 Å². The second-order valence-electron chi connectivity index (χ2n) is 13.5. The van der Waals surface area contributed by atoms with E-state index in [-0.39, 0.29) is 12.8 Å². The number of phosphoric ester groups is 1. The van der Waals surface area contributed by atoms with E-state index < -0.39 is 57.6 Å². The van der Waals surface area contributed by atoms with Crippen LogP contribution in [0.15, 0.2) is 24.3 Å². The molecule has 0 fully saturated rings. The number of carboxylic acids is 1. The van der Waals surface area contributed by atoms with Crippen molar-refractivity contribution < 1.29 is 47.8 Å². The lowest BCUT2D eigenvalue weighted by atomic mass is 10.1. The molecule has 3 unspecified atom stereocenters. The summed E-state index contributed by atoms with van der Waals surface area (Å²) in [6, 6.07) is -1.54. The Morgan fingerprint density at radius 3 is 1.63 bits per heavy atom. The molecule has 51 heavy (non-hydrogen) atoms. The number of hydrogen-bond donors (Lipinski definition) is 4. The first-order valence-electron chi connectivity index (χ1n) is 19.9. The minimum atomic E-state index is -4.74. The maximum absolute atomic E-state index is 12.3. The number of allylic oxidation sites excluding steroid dienone is 4. The molecule has 1 amide bonds. The monoisotopic (exact) mass is 745 g/mol. The molecule has 3 atom stereocenters. The number of aliphatic hydroxyl groups is 1. The fraction of sp³-hybridized carbons (Fsp3) is 0.821. The van der Waals surface area contributed by atoms with Crippen LogP contribution in [0.2, 0.25) is 0 Å². The summed E-state index contributed by atoms with van der Waals surface area (Å²) in [5, 5.41) is 21.7. The predicted molar refractivity (Wildman–Crippen MR) is 203 cm³/mol. The number of phosphoric acid groups is 1. The molecule has 0 aliphatic carbocycles. The molecule has 0 aromatic carbocycles. The Bertz CT molecular complexity index is 974. The van der Waals surface area contributed by atoms with E-state index in [1.807, 2.05) is 0 Å². The van der Waals surface area contributed by atoms with Gasteiger partial charge in [-0.3, -0.25) is 18.6 Å². The van der Waals surface area contributed by atoms with Crippen LogP contribution in [-0.2, 0) is 32.7 Å². The Balaban J connectivity index is 3.93. The molecule has 0 saturated carbocycles. The van der Waals surface area contributed by atoms with Gasteiger partial charge in [0, 0.05) is 12.8 Å². The summed E-state index contributed by atoms with van der Waals surface area (Å²) in [5.74, 6) is -2.38. The number of aliphatic carboxylic acids is 1. The van der Waals surface area contributed by atoms with Gasteiger partial charge in [-0.05, 0) is 44.9 Å². The first kappa shape index (κ1) is 49.0. The van der Waals surface area contributed by atoms with Crippen LogP contribution in [0.1, 0.15) is 174 Å². The van der Waals surface area contributed by atoms with Crippen molar-refractivity contribution in [3.05, 3.63) is 24.3 Å². The lowest BCUT2D eigenvalue weighted by molar-refractivity contribution is -0.147. The van der Waals surface area contributed by atoms with E-state index in [1.165, 1.54) is 77.0 Å². The molecule has 298 valence electrons. The van der Waals surface area contributed by atoms with Gasteiger partial charge in [0.1, 0.15) is 12.7 Å². The van der Waals surface area contributed by atoms with Gasteiger partial charge in [-0.1, -0.05) is 141 Å². The van der Waals surface area contributed by atoms with Crippen LogP contribution in [0.3, 0.4) is 0 Å². The minimum absolute atomic E-state index is 0.142. The Hall–Kier alpha value is -2.04.